The second kappa shape index (κ2) is 12.1. The van der Waals surface area contributed by atoms with Crippen LogP contribution in [0.3, 0.4) is 0 Å². The minimum absolute atomic E-state index is 0. The molecule has 0 saturated carbocycles. The summed E-state index contributed by atoms with van der Waals surface area (Å²) >= 11 is 6.32. The summed E-state index contributed by atoms with van der Waals surface area (Å²) in [6.07, 6.45) is 1.53. The van der Waals surface area contributed by atoms with E-state index < -0.39 is 5.60 Å². The highest BCUT2D eigenvalue weighted by molar-refractivity contribution is 14.0. The number of ether oxygens (including phenoxy) is 2. The molecule has 0 aliphatic rings. The van der Waals surface area contributed by atoms with Gasteiger partial charge >= 0.3 is 0 Å². The molecule has 0 radical (unpaired) electrons. The number of hydrogen-bond acceptors (Lipinski definition) is 5. The molecule has 162 valence electrons. The molecule has 0 bridgehead atoms. The molecule has 29 heavy (non-hydrogen) atoms. The van der Waals surface area contributed by atoms with E-state index in [1.165, 1.54) is 6.26 Å². The maximum absolute atomic E-state index is 10.6. The minimum atomic E-state index is -1.16. The van der Waals surface area contributed by atoms with Gasteiger partial charge in [-0.05, 0) is 50.6 Å². The van der Waals surface area contributed by atoms with Crippen molar-refractivity contribution in [2.45, 2.75) is 32.9 Å². The minimum Gasteiger partial charge on any atom is -0.493 e. The number of aliphatic imine (C=N–C) groups is 1. The Morgan fingerprint density at radius 1 is 1.31 bits per heavy atom. The van der Waals surface area contributed by atoms with Crippen LogP contribution in [-0.2, 0) is 12.1 Å². The van der Waals surface area contributed by atoms with Crippen LogP contribution >= 0.6 is 35.6 Å². The lowest BCUT2D eigenvalue weighted by atomic mass is 10.0. The molecule has 0 aliphatic carbocycles. The quantitative estimate of drug-likeness (QED) is 0.255. The topological polar surface area (TPSA) is 88.3 Å². The first-order valence-corrected chi connectivity index (χ1v) is 9.56. The van der Waals surface area contributed by atoms with Crippen LogP contribution < -0.4 is 20.1 Å². The molecule has 0 aliphatic heterocycles. The second-order valence-electron chi connectivity index (χ2n) is 6.34. The predicted octanol–water partition coefficient (Wildman–Crippen LogP) is 3.92. The summed E-state index contributed by atoms with van der Waals surface area (Å²) in [4.78, 5) is 4.56. The van der Waals surface area contributed by atoms with Gasteiger partial charge in [-0.15, -0.1) is 24.0 Å². The Bertz CT molecular complexity index is 782. The van der Waals surface area contributed by atoms with E-state index >= 15 is 0 Å². The van der Waals surface area contributed by atoms with Crippen molar-refractivity contribution < 1.29 is 19.0 Å². The number of guanidine groups is 1. The lowest BCUT2D eigenvalue weighted by Crippen LogP contribution is -2.44. The van der Waals surface area contributed by atoms with Gasteiger partial charge in [-0.25, -0.2) is 4.99 Å². The molecule has 1 heterocycles. The zero-order valence-corrected chi connectivity index (χ0v) is 20.2. The molecule has 1 aromatic heterocycles. The van der Waals surface area contributed by atoms with Crippen molar-refractivity contribution in [1.82, 2.24) is 10.6 Å². The Morgan fingerprint density at radius 3 is 2.66 bits per heavy atom. The number of halogens is 2. The van der Waals surface area contributed by atoms with Crippen molar-refractivity contribution in [2.24, 2.45) is 4.99 Å². The maximum atomic E-state index is 10.6. The molecule has 1 unspecified atom stereocenters. The fourth-order valence-electron chi connectivity index (χ4n) is 2.59. The zero-order chi connectivity index (χ0) is 20.6. The van der Waals surface area contributed by atoms with Gasteiger partial charge in [0.15, 0.2) is 17.5 Å². The Kier molecular flexibility index (Phi) is 10.6. The molecule has 0 saturated heterocycles. The third kappa shape index (κ3) is 7.27. The highest BCUT2D eigenvalue weighted by Crippen LogP contribution is 2.36. The van der Waals surface area contributed by atoms with Gasteiger partial charge in [-0.2, -0.15) is 0 Å². The number of furan rings is 1. The van der Waals surface area contributed by atoms with Gasteiger partial charge in [0.25, 0.3) is 0 Å². The van der Waals surface area contributed by atoms with Crippen LogP contribution in [0, 0.1) is 0 Å². The van der Waals surface area contributed by atoms with Crippen LogP contribution in [-0.4, -0.2) is 37.9 Å². The first-order chi connectivity index (χ1) is 13.4. The Hall–Kier alpha value is -1.65. The molecule has 0 spiro atoms. The summed E-state index contributed by atoms with van der Waals surface area (Å²) in [6, 6.07) is 7.14. The van der Waals surface area contributed by atoms with Crippen molar-refractivity contribution in [3.05, 3.63) is 46.9 Å². The van der Waals surface area contributed by atoms with Gasteiger partial charge in [0.1, 0.15) is 11.4 Å². The normalized spacial score (nSPS) is 13.2. The summed E-state index contributed by atoms with van der Waals surface area (Å²) in [5.74, 6) is 2.15. The second-order valence-corrected chi connectivity index (χ2v) is 6.75. The molecule has 0 amide bonds. The van der Waals surface area contributed by atoms with Crippen LogP contribution in [0.4, 0.5) is 0 Å². The van der Waals surface area contributed by atoms with Crippen LogP contribution in [0.1, 0.15) is 32.1 Å². The third-order valence-corrected chi connectivity index (χ3v) is 4.27. The number of nitrogens with zero attached hydrogens (tertiary/aromatic N) is 1. The highest BCUT2D eigenvalue weighted by Gasteiger charge is 2.26. The van der Waals surface area contributed by atoms with Gasteiger partial charge in [-0.1, -0.05) is 11.6 Å². The average molecular weight is 538 g/mol. The zero-order valence-electron chi connectivity index (χ0n) is 17.1. The van der Waals surface area contributed by atoms with Gasteiger partial charge in [0.2, 0.25) is 0 Å². The fraction of sp³-hybridized carbons (Fsp3) is 0.450. The van der Waals surface area contributed by atoms with Crippen LogP contribution in [0.2, 0.25) is 5.02 Å². The Labute approximate surface area is 193 Å². The van der Waals surface area contributed by atoms with E-state index in [1.54, 1.807) is 32.2 Å². The number of rotatable bonds is 9. The van der Waals surface area contributed by atoms with Crippen LogP contribution in [0.15, 0.2) is 39.9 Å². The lowest BCUT2D eigenvalue weighted by molar-refractivity contribution is 0.0386. The molecule has 3 N–H and O–H groups in total. The number of nitrogens with one attached hydrogen (secondary N) is 2. The molecule has 1 atom stereocenters. The van der Waals surface area contributed by atoms with Crippen molar-refractivity contribution in [2.75, 3.05) is 26.8 Å². The van der Waals surface area contributed by atoms with E-state index in [-0.39, 0.29) is 30.5 Å². The molecule has 1 aromatic carbocycles. The maximum Gasteiger partial charge on any atom is 0.191 e. The highest BCUT2D eigenvalue weighted by atomic mass is 127. The molecular formula is C20H29ClIN3O4. The predicted molar refractivity (Wildman–Crippen MR) is 126 cm³/mol. The number of aliphatic hydroxyl groups is 1. The molecular weight excluding hydrogens is 509 g/mol. The SMILES string of the molecule is CCNC(=NCc1cc(Cl)c(OCC)c(OC)c1)NCC(C)(O)c1ccco1.I. The van der Waals surface area contributed by atoms with E-state index in [2.05, 4.69) is 15.6 Å². The summed E-state index contributed by atoms with van der Waals surface area (Å²) in [7, 11) is 1.57. The van der Waals surface area contributed by atoms with E-state index in [0.29, 0.717) is 47.9 Å². The van der Waals surface area contributed by atoms with Crippen molar-refractivity contribution in [3.8, 4) is 11.5 Å². The molecule has 2 aromatic rings. The Balaban J connectivity index is 0.00000420. The average Bonchev–Trinajstić information content (AvgIpc) is 3.21. The molecule has 9 heteroatoms. The largest absolute Gasteiger partial charge is 0.493 e. The molecule has 2 rings (SSSR count). The van der Waals surface area contributed by atoms with Gasteiger partial charge < -0.3 is 29.6 Å². The van der Waals surface area contributed by atoms with Crippen molar-refractivity contribution in [1.29, 1.82) is 0 Å². The number of methoxy groups -OCH3 is 1. The third-order valence-electron chi connectivity index (χ3n) is 3.99. The molecule has 0 fully saturated rings. The summed E-state index contributed by atoms with van der Waals surface area (Å²) in [5.41, 5.74) is -0.286. The lowest BCUT2D eigenvalue weighted by Gasteiger charge is -2.22. The van der Waals surface area contributed by atoms with E-state index in [9.17, 15) is 5.11 Å². The monoisotopic (exact) mass is 537 g/mol. The Morgan fingerprint density at radius 2 is 2.07 bits per heavy atom. The number of benzene rings is 1. The standard InChI is InChI=1S/C20H28ClN3O4.HI/c1-5-22-19(24-13-20(3,25)17-8-7-9-28-17)23-12-14-10-15(21)18(27-6-2)16(11-14)26-4;/h7-11,25H,5-6,12-13H2,1-4H3,(H2,22,23,24);1H. The summed E-state index contributed by atoms with van der Waals surface area (Å²) in [5, 5.41) is 17.3. The van der Waals surface area contributed by atoms with E-state index in [0.717, 1.165) is 5.56 Å². The van der Waals surface area contributed by atoms with Crippen molar-refractivity contribution >= 4 is 41.5 Å². The summed E-state index contributed by atoms with van der Waals surface area (Å²) in [6.45, 7) is 7.33. The van der Waals surface area contributed by atoms with Gasteiger partial charge in [-0.3, -0.25) is 0 Å². The first-order valence-electron chi connectivity index (χ1n) is 9.19. The van der Waals surface area contributed by atoms with E-state index in [1.807, 2.05) is 19.9 Å². The summed E-state index contributed by atoms with van der Waals surface area (Å²) < 4.78 is 16.2. The van der Waals surface area contributed by atoms with E-state index in [4.69, 9.17) is 25.5 Å². The smallest absolute Gasteiger partial charge is 0.191 e. The van der Waals surface area contributed by atoms with Crippen LogP contribution in [0.5, 0.6) is 11.5 Å². The van der Waals surface area contributed by atoms with Crippen molar-refractivity contribution in [3.63, 3.8) is 0 Å². The fourth-order valence-corrected chi connectivity index (χ4v) is 2.88. The van der Waals surface area contributed by atoms with Gasteiger partial charge in [0.05, 0.1) is 38.1 Å². The molecule has 7 nitrogen and oxygen atoms in total. The number of hydrogen-bond donors (Lipinski definition) is 3. The first kappa shape index (κ1) is 25.4. The van der Waals surface area contributed by atoms with Crippen LogP contribution in [0.25, 0.3) is 0 Å². The van der Waals surface area contributed by atoms with Gasteiger partial charge in [0, 0.05) is 6.54 Å².